The van der Waals surface area contributed by atoms with Crippen LogP contribution in [-0.2, 0) is 6.42 Å². The maximum atomic E-state index is 10.7. The highest BCUT2D eigenvalue weighted by atomic mass is 16.5. The van der Waals surface area contributed by atoms with Gasteiger partial charge in [-0.3, -0.25) is 0 Å². The monoisotopic (exact) mass is 284 g/mol. The molecule has 1 saturated carbocycles. The fourth-order valence-corrected chi connectivity index (χ4v) is 3.22. The molecule has 2 aromatic rings. The lowest BCUT2D eigenvalue weighted by Gasteiger charge is -2.22. The second-order valence-corrected chi connectivity index (χ2v) is 6.25. The summed E-state index contributed by atoms with van der Waals surface area (Å²) in [5, 5.41) is 10.7. The maximum absolute atomic E-state index is 10.7. The highest BCUT2D eigenvalue weighted by Crippen LogP contribution is 2.48. The molecule has 4 rings (SSSR count). The van der Waals surface area contributed by atoms with Crippen molar-refractivity contribution in [3.05, 3.63) is 53.0 Å². The Kier molecular flexibility index (Phi) is 3.03. The van der Waals surface area contributed by atoms with Gasteiger partial charge in [-0.2, -0.15) is 0 Å². The van der Waals surface area contributed by atoms with Crippen molar-refractivity contribution in [2.24, 2.45) is 5.92 Å². The smallest absolute Gasteiger partial charge is 0.140 e. The number of rotatable bonds is 3. The molecule has 21 heavy (non-hydrogen) atoms. The average molecular weight is 284 g/mol. The predicted molar refractivity (Wildman–Crippen MR) is 79.5 cm³/mol. The van der Waals surface area contributed by atoms with Crippen molar-refractivity contribution in [1.29, 1.82) is 0 Å². The summed E-state index contributed by atoms with van der Waals surface area (Å²) in [6.07, 6.45) is 2.49. The van der Waals surface area contributed by atoms with E-state index >= 15 is 0 Å². The Morgan fingerprint density at radius 3 is 2.90 bits per heavy atom. The Morgan fingerprint density at radius 2 is 2.10 bits per heavy atom. The van der Waals surface area contributed by atoms with Crippen LogP contribution in [0.5, 0.6) is 5.75 Å². The van der Waals surface area contributed by atoms with Crippen LogP contribution in [0.4, 0.5) is 0 Å². The van der Waals surface area contributed by atoms with E-state index in [0.717, 1.165) is 36.5 Å². The van der Waals surface area contributed by atoms with Gasteiger partial charge in [-0.05, 0) is 42.9 Å². The predicted octanol–water partition coefficient (Wildman–Crippen LogP) is 3.81. The average Bonchev–Trinajstić information content (AvgIpc) is 3.05. The fraction of sp³-hybridized carbons (Fsp3) is 0.444. The van der Waals surface area contributed by atoms with E-state index in [0.29, 0.717) is 17.6 Å². The second-order valence-electron chi connectivity index (χ2n) is 6.25. The number of aliphatic hydroxyl groups excluding tert-OH is 1. The van der Waals surface area contributed by atoms with E-state index < -0.39 is 6.10 Å². The number of aliphatic hydroxyl groups is 1. The molecule has 3 heteroatoms. The van der Waals surface area contributed by atoms with Crippen molar-refractivity contribution >= 4 is 0 Å². The van der Waals surface area contributed by atoms with E-state index in [2.05, 4.69) is 13.0 Å². The Hall–Kier alpha value is -1.74. The van der Waals surface area contributed by atoms with Crippen LogP contribution < -0.4 is 4.74 Å². The molecular weight excluding hydrogens is 264 g/mol. The minimum atomic E-state index is -0.749. The third-order valence-electron chi connectivity index (χ3n) is 4.65. The number of aryl methyl sites for hydroxylation is 1. The molecule has 1 aromatic heterocycles. The summed E-state index contributed by atoms with van der Waals surface area (Å²) >= 11 is 0. The maximum Gasteiger partial charge on any atom is 0.140 e. The van der Waals surface area contributed by atoms with Crippen LogP contribution in [0.2, 0.25) is 0 Å². The van der Waals surface area contributed by atoms with Gasteiger partial charge in [0.05, 0.1) is 6.61 Å². The van der Waals surface area contributed by atoms with Gasteiger partial charge in [0.2, 0.25) is 0 Å². The van der Waals surface area contributed by atoms with Crippen molar-refractivity contribution in [2.45, 2.75) is 38.2 Å². The number of para-hydroxylation sites is 1. The Balaban J connectivity index is 1.65. The highest BCUT2D eigenvalue weighted by Gasteiger charge is 2.37. The number of benzene rings is 1. The molecular formula is C18H20O3. The van der Waals surface area contributed by atoms with Gasteiger partial charge in [0.15, 0.2) is 0 Å². The standard InChI is InChI=1S/C18H20O3/c1-11-10-14(11)15-7-8-16(21-15)17(19)13-6-2-4-12-5-3-9-20-18(12)13/h2,4,6-8,11,14,17,19H,3,5,9-10H2,1H3. The zero-order valence-electron chi connectivity index (χ0n) is 12.2. The molecule has 3 unspecified atom stereocenters. The molecule has 1 aliphatic carbocycles. The molecule has 3 nitrogen and oxygen atoms in total. The first-order valence-corrected chi connectivity index (χ1v) is 7.76. The van der Waals surface area contributed by atoms with Crippen molar-refractivity contribution in [3.8, 4) is 5.75 Å². The largest absolute Gasteiger partial charge is 0.493 e. The first-order chi connectivity index (χ1) is 10.2. The van der Waals surface area contributed by atoms with Crippen LogP contribution in [0.25, 0.3) is 0 Å². The molecule has 0 spiro atoms. The molecule has 3 atom stereocenters. The SMILES string of the molecule is CC1CC1c1ccc(C(O)c2cccc3c2OCCC3)o1. The van der Waals surface area contributed by atoms with Crippen LogP contribution in [-0.4, -0.2) is 11.7 Å². The molecule has 0 radical (unpaired) electrons. The molecule has 2 aliphatic rings. The lowest BCUT2D eigenvalue weighted by atomic mass is 9.98. The molecule has 1 fully saturated rings. The van der Waals surface area contributed by atoms with Crippen LogP contribution >= 0.6 is 0 Å². The van der Waals surface area contributed by atoms with Gasteiger partial charge in [-0.15, -0.1) is 0 Å². The third kappa shape index (κ3) is 2.26. The van der Waals surface area contributed by atoms with Gasteiger partial charge in [0.1, 0.15) is 23.4 Å². The molecule has 0 bridgehead atoms. The summed E-state index contributed by atoms with van der Waals surface area (Å²) in [5.74, 6) is 3.70. The van der Waals surface area contributed by atoms with Gasteiger partial charge in [-0.1, -0.05) is 25.1 Å². The van der Waals surface area contributed by atoms with Crippen LogP contribution in [0.3, 0.4) is 0 Å². The van der Waals surface area contributed by atoms with Crippen molar-refractivity contribution in [1.82, 2.24) is 0 Å². The van der Waals surface area contributed by atoms with Crippen molar-refractivity contribution in [3.63, 3.8) is 0 Å². The topological polar surface area (TPSA) is 42.6 Å². The molecule has 2 heterocycles. The van der Waals surface area contributed by atoms with Crippen molar-refractivity contribution in [2.75, 3.05) is 6.61 Å². The zero-order valence-corrected chi connectivity index (χ0v) is 12.2. The van der Waals surface area contributed by atoms with Crippen LogP contribution in [0.1, 0.15) is 54.4 Å². The Morgan fingerprint density at radius 1 is 1.24 bits per heavy atom. The van der Waals surface area contributed by atoms with E-state index in [1.165, 1.54) is 12.0 Å². The number of ether oxygens (including phenoxy) is 1. The molecule has 110 valence electrons. The van der Waals surface area contributed by atoms with Crippen LogP contribution in [0, 0.1) is 5.92 Å². The number of fused-ring (bicyclic) bond motifs is 1. The minimum Gasteiger partial charge on any atom is -0.493 e. The molecule has 0 saturated heterocycles. The fourth-order valence-electron chi connectivity index (χ4n) is 3.22. The molecule has 1 aliphatic heterocycles. The van der Waals surface area contributed by atoms with E-state index in [9.17, 15) is 5.11 Å². The first kappa shape index (κ1) is 13.0. The summed E-state index contributed by atoms with van der Waals surface area (Å²) in [5.41, 5.74) is 2.00. The number of hydrogen-bond donors (Lipinski definition) is 1. The van der Waals surface area contributed by atoms with Gasteiger partial charge >= 0.3 is 0 Å². The third-order valence-corrected chi connectivity index (χ3v) is 4.65. The summed E-state index contributed by atoms with van der Waals surface area (Å²) in [4.78, 5) is 0. The normalized spacial score (nSPS) is 25.0. The van der Waals surface area contributed by atoms with Gasteiger partial charge in [0.25, 0.3) is 0 Å². The molecule has 1 N–H and O–H groups in total. The van der Waals surface area contributed by atoms with Gasteiger partial charge < -0.3 is 14.3 Å². The van der Waals surface area contributed by atoms with Gasteiger partial charge in [0, 0.05) is 11.5 Å². The number of furan rings is 1. The Bertz CT molecular complexity index is 658. The Labute approximate surface area is 124 Å². The zero-order chi connectivity index (χ0) is 14.4. The summed E-state index contributed by atoms with van der Waals surface area (Å²) in [6.45, 7) is 2.95. The first-order valence-electron chi connectivity index (χ1n) is 7.76. The minimum absolute atomic E-state index is 0.534. The van der Waals surface area contributed by atoms with Crippen molar-refractivity contribution < 1.29 is 14.3 Å². The summed E-state index contributed by atoms with van der Waals surface area (Å²) < 4.78 is 11.7. The summed E-state index contributed by atoms with van der Waals surface area (Å²) in [6, 6.07) is 9.88. The van der Waals surface area contributed by atoms with Crippen LogP contribution in [0.15, 0.2) is 34.7 Å². The van der Waals surface area contributed by atoms with Gasteiger partial charge in [-0.25, -0.2) is 0 Å². The van der Waals surface area contributed by atoms with E-state index in [-0.39, 0.29) is 0 Å². The quantitative estimate of drug-likeness (QED) is 0.932. The number of hydrogen-bond acceptors (Lipinski definition) is 3. The lowest BCUT2D eigenvalue weighted by Crippen LogP contribution is -2.12. The molecule has 0 amide bonds. The highest BCUT2D eigenvalue weighted by molar-refractivity contribution is 5.46. The van der Waals surface area contributed by atoms with E-state index in [4.69, 9.17) is 9.15 Å². The second kappa shape index (κ2) is 4.92. The van der Waals surface area contributed by atoms with E-state index in [1.807, 2.05) is 24.3 Å². The lowest BCUT2D eigenvalue weighted by molar-refractivity contribution is 0.177. The molecule has 1 aromatic carbocycles. The van der Waals surface area contributed by atoms with E-state index in [1.54, 1.807) is 0 Å². The summed E-state index contributed by atoms with van der Waals surface area (Å²) in [7, 11) is 0.